The van der Waals surface area contributed by atoms with Gasteiger partial charge in [0, 0.05) is 0 Å². The summed E-state index contributed by atoms with van der Waals surface area (Å²) in [5.74, 6) is 0. The molecular weight excluding hydrogens is 83.5 g/mol. The molecule has 0 unspecified atom stereocenters. The van der Waals surface area contributed by atoms with E-state index in [0.717, 1.165) is 0 Å². The van der Waals surface area contributed by atoms with E-state index in [0.29, 0.717) is 0 Å². The van der Waals surface area contributed by atoms with Crippen LogP contribution in [0.5, 0.6) is 0 Å². The van der Waals surface area contributed by atoms with Crippen LogP contribution in [0.25, 0.3) is 0 Å². The fourth-order valence-electron chi connectivity index (χ4n) is 0. The minimum absolute atomic E-state index is 0. The lowest BCUT2D eigenvalue weighted by Crippen LogP contribution is -3.00. The predicted molar refractivity (Wildman–Crippen MR) is 22.5 cm³/mol. The Morgan fingerprint density at radius 3 is 0.600 bits per heavy atom. The average Bonchev–Trinajstić information content (AvgIpc) is 1.50. The van der Waals surface area contributed by atoms with E-state index in [4.69, 9.17) is 0 Å². The number of halogens is 1. The van der Waals surface area contributed by atoms with Gasteiger partial charge in [-0.1, -0.05) is 0 Å². The number of hydrogen-bond acceptors (Lipinski definition) is 0. The summed E-state index contributed by atoms with van der Waals surface area (Å²) in [5.41, 5.74) is 0. The summed E-state index contributed by atoms with van der Waals surface area (Å²) in [6, 6.07) is 0. The average molecular weight is 91.6 g/mol. The first kappa shape index (κ1) is 21.6. The summed E-state index contributed by atoms with van der Waals surface area (Å²) in [7, 11) is 0. The molecule has 0 radical (unpaired) electrons. The monoisotopic (exact) mass is 91.0 g/mol. The van der Waals surface area contributed by atoms with Gasteiger partial charge in [0.1, 0.15) is 0 Å². The molecule has 0 spiro atoms. The first-order valence-electron chi connectivity index (χ1n) is 1.000. The summed E-state index contributed by atoms with van der Waals surface area (Å²) >= 11 is 0. The third-order valence-corrected chi connectivity index (χ3v) is 0. The highest BCUT2D eigenvalue weighted by Crippen LogP contribution is 0.864. The quantitative estimate of drug-likeness (QED) is 0.322. The van der Waals surface area contributed by atoms with Gasteiger partial charge in [-0.05, 0) is 0 Å². The smallest absolute Gasteiger partial charge is 0.106 e. The molecular formula is C4H8Cl-. The first-order chi connectivity index (χ1) is 2.00. The van der Waals surface area contributed by atoms with Crippen molar-refractivity contribution in [2.75, 3.05) is 0 Å². The fourth-order valence-corrected chi connectivity index (χ4v) is 0. The maximum Gasteiger partial charge on any atom is -0.106 e. The molecule has 0 aromatic heterocycles. The number of hydrogen-bond donors (Lipinski definition) is 0. The van der Waals surface area contributed by atoms with E-state index in [9.17, 15) is 0 Å². The van der Waals surface area contributed by atoms with Gasteiger partial charge in [0.15, 0.2) is 0 Å². The molecule has 0 atom stereocenters. The van der Waals surface area contributed by atoms with Gasteiger partial charge in [-0.3, -0.25) is 0 Å². The fraction of sp³-hybridized carbons (Fsp3) is 0. The maximum atomic E-state index is 3.00. The highest BCUT2D eigenvalue weighted by atomic mass is 35.5. The third-order valence-electron chi connectivity index (χ3n) is 0. The van der Waals surface area contributed by atoms with Gasteiger partial charge in [0.2, 0.25) is 0 Å². The molecule has 0 rings (SSSR count). The second-order valence-electron chi connectivity index (χ2n) is 0. The van der Waals surface area contributed by atoms with Gasteiger partial charge < -0.3 is 12.4 Å². The summed E-state index contributed by atoms with van der Waals surface area (Å²) in [4.78, 5) is 0. The molecule has 1 heteroatoms. The van der Waals surface area contributed by atoms with Crippen LogP contribution in [0.2, 0.25) is 0 Å². The summed E-state index contributed by atoms with van der Waals surface area (Å²) in [6.45, 7) is 12.0. The number of rotatable bonds is 0. The highest BCUT2D eigenvalue weighted by molar-refractivity contribution is 4.22. The lowest BCUT2D eigenvalue weighted by Gasteiger charge is -1.00. The van der Waals surface area contributed by atoms with Crippen molar-refractivity contribution in [3.05, 3.63) is 26.3 Å². The van der Waals surface area contributed by atoms with E-state index >= 15 is 0 Å². The van der Waals surface area contributed by atoms with E-state index in [1.165, 1.54) is 0 Å². The van der Waals surface area contributed by atoms with Crippen molar-refractivity contribution < 1.29 is 12.4 Å². The van der Waals surface area contributed by atoms with E-state index < -0.39 is 0 Å². The zero-order valence-electron chi connectivity index (χ0n) is 3.21. The largest absolute Gasteiger partial charge is 1.00 e. The van der Waals surface area contributed by atoms with Crippen LogP contribution < -0.4 is 12.4 Å². The Balaban J connectivity index is -0.0000000133. The Morgan fingerprint density at radius 2 is 0.600 bits per heavy atom. The van der Waals surface area contributed by atoms with Crippen molar-refractivity contribution in [3.8, 4) is 0 Å². The van der Waals surface area contributed by atoms with E-state index in [1.807, 2.05) is 0 Å². The van der Waals surface area contributed by atoms with Gasteiger partial charge in [-0.25, -0.2) is 0 Å². The van der Waals surface area contributed by atoms with Crippen LogP contribution in [0.15, 0.2) is 26.3 Å². The van der Waals surface area contributed by atoms with E-state index in [1.54, 1.807) is 0 Å². The van der Waals surface area contributed by atoms with Crippen LogP contribution in [-0.2, 0) is 0 Å². The first-order valence-corrected chi connectivity index (χ1v) is 1.000. The summed E-state index contributed by atoms with van der Waals surface area (Å²) < 4.78 is 0. The van der Waals surface area contributed by atoms with Crippen LogP contribution in [0.4, 0.5) is 0 Å². The van der Waals surface area contributed by atoms with Crippen molar-refractivity contribution in [1.82, 2.24) is 0 Å². The normalized spacial score (nSPS) is 1.60. The van der Waals surface area contributed by atoms with E-state index in [-0.39, 0.29) is 12.4 Å². The molecule has 0 fully saturated rings. The van der Waals surface area contributed by atoms with Gasteiger partial charge in [-0.2, -0.15) is 0 Å². The molecule has 0 amide bonds. The summed E-state index contributed by atoms with van der Waals surface area (Å²) in [6.07, 6.45) is 0. The zero-order valence-corrected chi connectivity index (χ0v) is 3.96. The molecule has 0 heterocycles. The second kappa shape index (κ2) is 547. The molecule has 0 bridgehead atoms. The third kappa shape index (κ3) is 223. The Kier molecular flexibility index (Phi) is 2370. The standard InChI is InChI=1S/2C2H4.ClH/c2*1-2;/h2*1-2H2;1H/p-1. The Morgan fingerprint density at radius 1 is 0.600 bits per heavy atom. The van der Waals surface area contributed by atoms with Crippen molar-refractivity contribution in [3.63, 3.8) is 0 Å². The molecule has 0 N–H and O–H groups in total. The molecule has 0 nitrogen and oxygen atoms in total. The van der Waals surface area contributed by atoms with Gasteiger partial charge >= 0.3 is 0 Å². The minimum Gasteiger partial charge on any atom is -1.00 e. The van der Waals surface area contributed by atoms with Crippen molar-refractivity contribution in [1.29, 1.82) is 0 Å². The maximum absolute atomic E-state index is 3.00. The molecule has 0 saturated carbocycles. The minimum atomic E-state index is 0. The van der Waals surface area contributed by atoms with Crippen LogP contribution in [0.1, 0.15) is 0 Å². The zero-order chi connectivity index (χ0) is 4.00. The molecule has 0 aliphatic heterocycles. The molecule has 5 heavy (non-hydrogen) atoms. The van der Waals surface area contributed by atoms with E-state index in [2.05, 4.69) is 26.3 Å². The SMILES string of the molecule is C=C.C=C.[Cl-]. The molecule has 0 saturated heterocycles. The van der Waals surface area contributed by atoms with Crippen molar-refractivity contribution >= 4 is 0 Å². The highest BCUT2D eigenvalue weighted by Gasteiger charge is 0.603. The van der Waals surface area contributed by atoms with Gasteiger partial charge in [0.25, 0.3) is 0 Å². The summed E-state index contributed by atoms with van der Waals surface area (Å²) in [5, 5.41) is 0. The predicted octanol–water partition coefficient (Wildman–Crippen LogP) is -1.39. The van der Waals surface area contributed by atoms with Crippen LogP contribution in [-0.4, -0.2) is 0 Å². The lowest BCUT2D eigenvalue weighted by atomic mass is 11.3. The van der Waals surface area contributed by atoms with Crippen LogP contribution in [0, 0.1) is 0 Å². The van der Waals surface area contributed by atoms with Crippen molar-refractivity contribution in [2.45, 2.75) is 0 Å². The molecule has 32 valence electrons. The van der Waals surface area contributed by atoms with Gasteiger partial charge in [-0.15, -0.1) is 26.3 Å². The molecule has 0 aliphatic rings. The Hall–Kier alpha value is -0.230. The van der Waals surface area contributed by atoms with Crippen LogP contribution in [0.3, 0.4) is 0 Å². The van der Waals surface area contributed by atoms with Crippen LogP contribution >= 0.6 is 0 Å². The second-order valence-corrected chi connectivity index (χ2v) is 0. The van der Waals surface area contributed by atoms with Gasteiger partial charge in [0.05, 0.1) is 0 Å². The van der Waals surface area contributed by atoms with Crippen molar-refractivity contribution in [2.24, 2.45) is 0 Å². The Bertz CT molecular complexity index is 5.61. The lowest BCUT2D eigenvalue weighted by molar-refractivity contribution is -0.000000947. The topological polar surface area (TPSA) is 0 Å². The molecule has 0 aromatic rings. The molecule has 0 aliphatic carbocycles. The Labute approximate surface area is 39.6 Å². The molecule has 0 aromatic carbocycles.